The summed E-state index contributed by atoms with van der Waals surface area (Å²) in [6.45, 7) is 2.35. The predicted octanol–water partition coefficient (Wildman–Crippen LogP) is 1.68. The van der Waals surface area contributed by atoms with E-state index in [1.807, 2.05) is 6.92 Å². The van der Waals surface area contributed by atoms with Gasteiger partial charge < -0.3 is 4.74 Å². The van der Waals surface area contributed by atoms with Crippen molar-refractivity contribution in [2.45, 2.75) is 24.7 Å². The number of amides is 1. The second kappa shape index (κ2) is 6.36. The Hall–Kier alpha value is -1.60. The lowest BCUT2D eigenvalue weighted by Crippen LogP contribution is -2.15. The van der Waals surface area contributed by atoms with Crippen LogP contribution in [-0.4, -0.2) is 21.1 Å². The van der Waals surface area contributed by atoms with E-state index in [4.69, 9.17) is 9.88 Å². The Kier molecular flexibility index (Phi) is 5.11. The molecule has 100 valence electrons. The fourth-order valence-electron chi connectivity index (χ4n) is 1.19. The Labute approximate surface area is 106 Å². The highest BCUT2D eigenvalue weighted by atomic mass is 32.2. The SMILES string of the molecule is CCCCOC(=O)Nc1ccc(S(N)(=O)=O)cc1. The number of unbranched alkanes of at least 4 members (excludes halogenated alkanes) is 1. The number of primary sulfonamides is 1. The number of anilines is 1. The van der Waals surface area contributed by atoms with E-state index in [9.17, 15) is 13.2 Å². The van der Waals surface area contributed by atoms with Crippen molar-refractivity contribution in [2.75, 3.05) is 11.9 Å². The first kappa shape index (κ1) is 14.5. The summed E-state index contributed by atoms with van der Waals surface area (Å²) >= 11 is 0. The molecule has 0 saturated carbocycles. The molecule has 0 heterocycles. The Morgan fingerprint density at radius 3 is 2.44 bits per heavy atom. The van der Waals surface area contributed by atoms with Crippen LogP contribution in [0.5, 0.6) is 0 Å². The molecule has 1 aromatic carbocycles. The van der Waals surface area contributed by atoms with E-state index in [0.29, 0.717) is 12.3 Å². The summed E-state index contributed by atoms with van der Waals surface area (Å²) < 4.78 is 26.9. The van der Waals surface area contributed by atoms with E-state index < -0.39 is 16.1 Å². The normalized spacial score (nSPS) is 11.0. The molecule has 0 fully saturated rings. The molecule has 18 heavy (non-hydrogen) atoms. The monoisotopic (exact) mass is 272 g/mol. The minimum absolute atomic E-state index is 0.00704. The molecule has 0 atom stereocenters. The maximum Gasteiger partial charge on any atom is 0.411 e. The van der Waals surface area contributed by atoms with Gasteiger partial charge in [-0.05, 0) is 30.7 Å². The first-order chi connectivity index (χ1) is 8.43. The predicted molar refractivity (Wildman–Crippen MR) is 67.7 cm³/mol. The Morgan fingerprint density at radius 2 is 1.94 bits per heavy atom. The van der Waals surface area contributed by atoms with Crippen LogP contribution in [0.15, 0.2) is 29.2 Å². The van der Waals surface area contributed by atoms with Crippen molar-refractivity contribution in [3.05, 3.63) is 24.3 Å². The summed E-state index contributed by atoms with van der Waals surface area (Å²) in [6, 6.07) is 5.52. The topological polar surface area (TPSA) is 98.5 Å². The van der Waals surface area contributed by atoms with Gasteiger partial charge in [-0.1, -0.05) is 13.3 Å². The molecule has 0 aliphatic rings. The Balaban J connectivity index is 2.56. The summed E-state index contributed by atoms with van der Waals surface area (Å²) in [5, 5.41) is 7.43. The average molecular weight is 272 g/mol. The van der Waals surface area contributed by atoms with Crippen LogP contribution in [0, 0.1) is 0 Å². The molecule has 7 heteroatoms. The van der Waals surface area contributed by atoms with Crippen molar-refractivity contribution in [1.82, 2.24) is 0 Å². The molecule has 0 bridgehead atoms. The van der Waals surface area contributed by atoms with E-state index in [1.54, 1.807) is 0 Å². The second-order valence-corrected chi connectivity index (χ2v) is 5.25. The number of nitrogens with one attached hydrogen (secondary N) is 1. The van der Waals surface area contributed by atoms with Gasteiger partial charge in [0.25, 0.3) is 0 Å². The smallest absolute Gasteiger partial charge is 0.411 e. The molecule has 1 amide bonds. The Bertz CT molecular complexity index is 496. The lowest BCUT2D eigenvalue weighted by molar-refractivity contribution is 0.160. The van der Waals surface area contributed by atoms with Crippen LogP contribution in [0.3, 0.4) is 0 Å². The molecule has 1 aromatic rings. The molecule has 0 unspecified atom stereocenters. The minimum atomic E-state index is -3.71. The molecule has 0 spiro atoms. The maximum atomic E-state index is 11.3. The zero-order valence-electron chi connectivity index (χ0n) is 10.0. The van der Waals surface area contributed by atoms with Crippen LogP contribution in [0.2, 0.25) is 0 Å². The highest BCUT2D eigenvalue weighted by Crippen LogP contribution is 2.12. The van der Waals surface area contributed by atoms with Gasteiger partial charge in [-0.3, -0.25) is 5.32 Å². The van der Waals surface area contributed by atoms with Crippen LogP contribution in [0.1, 0.15) is 19.8 Å². The van der Waals surface area contributed by atoms with E-state index in [2.05, 4.69) is 5.32 Å². The van der Waals surface area contributed by atoms with Crippen LogP contribution in [0.4, 0.5) is 10.5 Å². The summed E-state index contributed by atoms with van der Waals surface area (Å²) in [7, 11) is -3.71. The van der Waals surface area contributed by atoms with Crippen molar-refractivity contribution in [3.8, 4) is 0 Å². The van der Waals surface area contributed by atoms with Crippen LogP contribution >= 0.6 is 0 Å². The van der Waals surface area contributed by atoms with Gasteiger partial charge in [0.1, 0.15) is 0 Å². The third-order valence-electron chi connectivity index (χ3n) is 2.16. The van der Waals surface area contributed by atoms with Gasteiger partial charge in [-0.2, -0.15) is 0 Å². The zero-order chi connectivity index (χ0) is 13.6. The Morgan fingerprint density at radius 1 is 1.33 bits per heavy atom. The van der Waals surface area contributed by atoms with Gasteiger partial charge in [0, 0.05) is 5.69 Å². The van der Waals surface area contributed by atoms with E-state index in [-0.39, 0.29) is 4.90 Å². The van der Waals surface area contributed by atoms with E-state index >= 15 is 0 Å². The molecule has 0 radical (unpaired) electrons. The molecule has 0 aliphatic heterocycles. The largest absolute Gasteiger partial charge is 0.449 e. The average Bonchev–Trinajstić information content (AvgIpc) is 2.29. The number of nitrogens with two attached hydrogens (primary N) is 1. The van der Waals surface area contributed by atoms with Crippen LogP contribution in [-0.2, 0) is 14.8 Å². The van der Waals surface area contributed by atoms with Crippen molar-refractivity contribution in [2.24, 2.45) is 5.14 Å². The number of ether oxygens (including phenoxy) is 1. The lowest BCUT2D eigenvalue weighted by Gasteiger charge is -2.06. The molecule has 0 aliphatic carbocycles. The third kappa shape index (κ3) is 4.72. The summed E-state index contributed by atoms with van der Waals surface area (Å²) in [4.78, 5) is 11.3. The fourth-order valence-corrected chi connectivity index (χ4v) is 1.71. The number of benzene rings is 1. The quantitative estimate of drug-likeness (QED) is 0.797. The number of hydrogen-bond donors (Lipinski definition) is 2. The molecule has 0 saturated heterocycles. The van der Waals surface area contributed by atoms with Crippen molar-refractivity contribution in [1.29, 1.82) is 0 Å². The van der Waals surface area contributed by atoms with Crippen molar-refractivity contribution < 1.29 is 17.9 Å². The molecular formula is C11H16N2O4S. The summed E-state index contributed by atoms with van der Waals surface area (Å²) in [5.41, 5.74) is 0.448. The number of carbonyl (C=O) groups is 1. The minimum Gasteiger partial charge on any atom is -0.449 e. The number of carbonyl (C=O) groups excluding carboxylic acids is 1. The lowest BCUT2D eigenvalue weighted by atomic mass is 10.3. The fraction of sp³-hybridized carbons (Fsp3) is 0.364. The van der Waals surface area contributed by atoms with Gasteiger partial charge >= 0.3 is 6.09 Å². The molecule has 1 rings (SSSR count). The number of hydrogen-bond acceptors (Lipinski definition) is 4. The highest BCUT2D eigenvalue weighted by molar-refractivity contribution is 7.89. The third-order valence-corrected chi connectivity index (χ3v) is 3.09. The van der Waals surface area contributed by atoms with E-state index in [0.717, 1.165) is 12.8 Å². The van der Waals surface area contributed by atoms with Gasteiger partial charge in [0.15, 0.2) is 0 Å². The van der Waals surface area contributed by atoms with Gasteiger partial charge in [0.05, 0.1) is 11.5 Å². The molecule has 3 N–H and O–H groups in total. The number of rotatable bonds is 5. The second-order valence-electron chi connectivity index (χ2n) is 3.68. The first-order valence-corrected chi connectivity index (χ1v) is 7.04. The van der Waals surface area contributed by atoms with Crippen molar-refractivity contribution >= 4 is 21.8 Å². The zero-order valence-corrected chi connectivity index (χ0v) is 10.9. The van der Waals surface area contributed by atoms with Crippen LogP contribution < -0.4 is 10.5 Å². The van der Waals surface area contributed by atoms with Gasteiger partial charge in [-0.15, -0.1) is 0 Å². The number of sulfonamides is 1. The standard InChI is InChI=1S/C11H16N2O4S/c1-2-3-8-17-11(14)13-9-4-6-10(7-5-9)18(12,15)16/h4-7H,2-3,8H2,1H3,(H,13,14)(H2,12,15,16). The maximum absolute atomic E-state index is 11.3. The van der Waals surface area contributed by atoms with Gasteiger partial charge in [-0.25, -0.2) is 18.4 Å². The molecule has 6 nitrogen and oxygen atoms in total. The van der Waals surface area contributed by atoms with Crippen LogP contribution in [0.25, 0.3) is 0 Å². The summed E-state index contributed by atoms with van der Waals surface area (Å²) in [5.74, 6) is 0. The van der Waals surface area contributed by atoms with Crippen molar-refractivity contribution in [3.63, 3.8) is 0 Å². The van der Waals surface area contributed by atoms with Gasteiger partial charge in [0.2, 0.25) is 10.0 Å². The molecule has 0 aromatic heterocycles. The highest BCUT2D eigenvalue weighted by Gasteiger charge is 2.08. The summed E-state index contributed by atoms with van der Waals surface area (Å²) in [6.07, 6.45) is 1.18. The van der Waals surface area contributed by atoms with E-state index in [1.165, 1.54) is 24.3 Å². The molecular weight excluding hydrogens is 256 g/mol. The first-order valence-electron chi connectivity index (χ1n) is 5.50.